The van der Waals surface area contributed by atoms with Gasteiger partial charge in [0.05, 0.1) is 22.6 Å². The summed E-state index contributed by atoms with van der Waals surface area (Å²) in [6.45, 7) is 4.68. The summed E-state index contributed by atoms with van der Waals surface area (Å²) in [5, 5.41) is 6.73. The number of nitrogens with zero attached hydrogens (tertiary/aromatic N) is 2. The van der Waals surface area contributed by atoms with Gasteiger partial charge in [-0.1, -0.05) is 11.8 Å². The SMILES string of the molecule is Cl.NCCN1CCC(Nc2cc(C(F)(F)F)cc3c2Nc2ccc(C(=O)N4CCCC4)cc2S3)CC1. The van der Waals surface area contributed by atoms with Crippen LogP contribution in [0.4, 0.5) is 30.2 Å². The van der Waals surface area contributed by atoms with Gasteiger partial charge in [0.15, 0.2) is 0 Å². The molecule has 6 nitrogen and oxygen atoms in total. The number of nitrogens with one attached hydrogen (secondary N) is 2. The van der Waals surface area contributed by atoms with Crippen molar-refractivity contribution in [2.24, 2.45) is 5.73 Å². The largest absolute Gasteiger partial charge is 0.416 e. The maximum absolute atomic E-state index is 13.8. The number of anilines is 3. The number of hydrogen-bond acceptors (Lipinski definition) is 6. The molecule has 2 aromatic carbocycles. The highest BCUT2D eigenvalue weighted by Crippen LogP contribution is 2.50. The quantitative estimate of drug-likeness (QED) is 0.401. The second-order valence-corrected chi connectivity index (χ2v) is 10.5. The van der Waals surface area contributed by atoms with Crippen molar-refractivity contribution < 1.29 is 18.0 Å². The summed E-state index contributed by atoms with van der Waals surface area (Å²) in [6, 6.07) is 7.92. The molecule has 0 spiro atoms. The molecule has 0 atom stereocenters. The summed E-state index contributed by atoms with van der Waals surface area (Å²) < 4.78 is 41.3. The number of nitrogens with two attached hydrogens (primary N) is 1. The van der Waals surface area contributed by atoms with Crippen LogP contribution in [-0.4, -0.2) is 61.0 Å². The number of hydrogen-bond donors (Lipinski definition) is 3. The van der Waals surface area contributed by atoms with Crippen LogP contribution >= 0.6 is 24.2 Å². The molecule has 0 radical (unpaired) electrons. The van der Waals surface area contributed by atoms with E-state index in [1.807, 2.05) is 11.0 Å². The number of halogens is 4. The smallest absolute Gasteiger partial charge is 0.380 e. The van der Waals surface area contributed by atoms with Crippen molar-refractivity contribution in [1.82, 2.24) is 9.80 Å². The monoisotopic (exact) mass is 541 g/mol. The van der Waals surface area contributed by atoms with Crippen LogP contribution in [0.3, 0.4) is 0 Å². The summed E-state index contributed by atoms with van der Waals surface area (Å²) in [5.74, 6) is -0.0240. The molecule has 196 valence electrons. The summed E-state index contributed by atoms with van der Waals surface area (Å²) in [4.78, 5) is 18.2. The number of amides is 1. The maximum Gasteiger partial charge on any atom is 0.416 e. The first-order chi connectivity index (χ1) is 16.8. The van der Waals surface area contributed by atoms with E-state index in [1.54, 1.807) is 12.1 Å². The highest BCUT2D eigenvalue weighted by atomic mass is 35.5. The Labute approximate surface area is 219 Å². The average Bonchev–Trinajstić information content (AvgIpc) is 3.38. The summed E-state index contributed by atoms with van der Waals surface area (Å²) in [6.07, 6.45) is -0.761. The molecule has 0 unspecified atom stereocenters. The van der Waals surface area contributed by atoms with Gasteiger partial charge in [0, 0.05) is 60.7 Å². The highest BCUT2D eigenvalue weighted by Gasteiger charge is 2.34. The van der Waals surface area contributed by atoms with Gasteiger partial charge in [-0.15, -0.1) is 12.4 Å². The van der Waals surface area contributed by atoms with Gasteiger partial charge in [-0.3, -0.25) is 4.79 Å². The van der Waals surface area contributed by atoms with E-state index in [4.69, 9.17) is 5.73 Å². The molecular weight excluding hydrogens is 511 g/mol. The molecule has 2 aromatic rings. The van der Waals surface area contributed by atoms with Crippen LogP contribution in [-0.2, 0) is 6.18 Å². The van der Waals surface area contributed by atoms with Gasteiger partial charge < -0.3 is 26.2 Å². The van der Waals surface area contributed by atoms with E-state index < -0.39 is 11.7 Å². The molecule has 2 fully saturated rings. The van der Waals surface area contributed by atoms with Crippen LogP contribution in [0.25, 0.3) is 0 Å². The maximum atomic E-state index is 13.8. The Kier molecular flexibility index (Phi) is 8.28. The van der Waals surface area contributed by atoms with Gasteiger partial charge in [-0.25, -0.2) is 0 Å². The van der Waals surface area contributed by atoms with E-state index in [0.717, 1.165) is 69.0 Å². The summed E-state index contributed by atoms with van der Waals surface area (Å²) in [7, 11) is 0. The van der Waals surface area contributed by atoms with Crippen molar-refractivity contribution in [3.05, 3.63) is 41.5 Å². The lowest BCUT2D eigenvalue weighted by molar-refractivity contribution is -0.137. The normalized spacial score (nSPS) is 18.2. The molecule has 3 heterocycles. The number of benzene rings is 2. The van der Waals surface area contributed by atoms with Gasteiger partial charge >= 0.3 is 6.18 Å². The Balaban J connectivity index is 0.00000304. The fraction of sp³-hybridized carbons (Fsp3) is 0.480. The van der Waals surface area contributed by atoms with Crippen molar-refractivity contribution in [2.45, 2.75) is 47.7 Å². The van der Waals surface area contributed by atoms with Gasteiger partial charge in [0.1, 0.15) is 0 Å². The van der Waals surface area contributed by atoms with E-state index in [0.29, 0.717) is 28.4 Å². The highest BCUT2D eigenvalue weighted by molar-refractivity contribution is 7.99. The van der Waals surface area contributed by atoms with Crippen LogP contribution in [0.2, 0.25) is 0 Å². The van der Waals surface area contributed by atoms with Crippen LogP contribution in [0.5, 0.6) is 0 Å². The Bertz CT molecular complexity index is 1100. The topological polar surface area (TPSA) is 73.6 Å². The summed E-state index contributed by atoms with van der Waals surface area (Å²) in [5.41, 5.74) is 7.45. The van der Waals surface area contributed by atoms with E-state index in [9.17, 15) is 18.0 Å². The van der Waals surface area contributed by atoms with Crippen molar-refractivity contribution in [1.29, 1.82) is 0 Å². The van der Waals surface area contributed by atoms with Crippen LogP contribution < -0.4 is 16.4 Å². The van der Waals surface area contributed by atoms with E-state index in [1.165, 1.54) is 23.9 Å². The molecule has 0 bridgehead atoms. The molecule has 0 aliphatic carbocycles. The average molecular weight is 542 g/mol. The number of alkyl halides is 3. The van der Waals surface area contributed by atoms with Crippen molar-refractivity contribution in [3.8, 4) is 0 Å². The molecular formula is C25H31ClF3N5OS. The second kappa shape index (κ2) is 11.1. The van der Waals surface area contributed by atoms with Gasteiger partial charge in [0.2, 0.25) is 0 Å². The van der Waals surface area contributed by atoms with Crippen molar-refractivity contribution in [3.63, 3.8) is 0 Å². The molecule has 3 aliphatic heterocycles. The number of carbonyl (C=O) groups excluding carboxylic acids is 1. The molecule has 4 N–H and O–H groups in total. The minimum atomic E-state index is -4.45. The molecule has 1 amide bonds. The summed E-state index contributed by atoms with van der Waals surface area (Å²) >= 11 is 1.27. The third kappa shape index (κ3) is 5.72. The third-order valence-corrected chi connectivity index (χ3v) is 8.02. The lowest BCUT2D eigenvalue weighted by atomic mass is 10.0. The first-order valence-corrected chi connectivity index (χ1v) is 13.0. The fourth-order valence-corrected chi connectivity index (χ4v) is 6.11. The molecule has 0 aromatic heterocycles. The van der Waals surface area contributed by atoms with Gasteiger partial charge in [0.25, 0.3) is 5.91 Å². The Morgan fingerprint density at radius 2 is 1.81 bits per heavy atom. The molecule has 11 heteroatoms. The Hall–Kier alpha value is -2.14. The third-order valence-electron chi connectivity index (χ3n) is 6.92. The molecule has 0 saturated carbocycles. The zero-order valence-electron chi connectivity index (χ0n) is 19.9. The van der Waals surface area contributed by atoms with Gasteiger partial charge in [-0.05, 0) is 56.0 Å². The van der Waals surface area contributed by atoms with E-state index >= 15 is 0 Å². The lowest BCUT2D eigenvalue weighted by Gasteiger charge is -2.34. The zero-order chi connectivity index (χ0) is 24.6. The first-order valence-electron chi connectivity index (χ1n) is 12.1. The van der Waals surface area contributed by atoms with Crippen LogP contribution in [0.15, 0.2) is 40.1 Å². The minimum Gasteiger partial charge on any atom is -0.380 e. The number of carbonyl (C=O) groups is 1. The Morgan fingerprint density at radius 3 is 2.47 bits per heavy atom. The molecule has 5 rings (SSSR count). The Morgan fingerprint density at radius 1 is 1.08 bits per heavy atom. The van der Waals surface area contributed by atoms with Crippen molar-refractivity contribution in [2.75, 3.05) is 49.9 Å². The predicted molar refractivity (Wildman–Crippen MR) is 140 cm³/mol. The lowest BCUT2D eigenvalue weighted by Crippen LogP contribution is -2.41. The number of fused-ring (bicyclic) bond motifs is 2. The standard InChI is InChI=1S/C25H30F3N5OS.ClH/c26-25(27,28)17-14-20(30-18-5-10-32(11-6-18)12-7-29)23-22(15-17)35-21-13-16(3-4-19(21)31-23)24(34)33-8-1-2-9-33;/h3-4,13-15,18,30-31H,1-2,5-12,29H2;1H. The number of likely N-dealkylation sites (tertiary alicyclic amines) is 2. The fourth-order valence-electron chi connectivity index (χ4n) is 5.00. The van der Waals surface area contributed by atoms with Crippen LogP contribution in [0.1, 0.15) is 41.6 Å². The van der Waals surface area contributed by atoms with Crippen molar-refractivity contribution >= 4 is 47.1 Å². The van der Waals surface area contributed by atoms with E-state index in [2.05, 4.69) is 15.5 Å². The number of piperidine rings is 1. The first kappa shape index (κ1) is 26.9. The second-order valence-electron chi connectivity index (χ2n) is 9.38. The molecule has 36 heavy (non-hydrogen) atoms. The minimum absolute atomic E-state index is 0. The molecule has 3 aliphatic rings. The molecule has 2 saturated heterocycles. The number of rotatable bonds is 5. The van der Waals surface area contributed by atoms with E-state index in [-0.39, 0.29) is 24.4 Å². The van der Waals surface area contributed by atoms with Gasteiger partial charge in [-0.2, -0.15) is 13.2 Å². The zero-order valence-corrected chi connectivity index (χ0v) is 21.5. The predicted octanol–water partition coefficient (Wildman–Crippen LogP) is 5.41. The van der Waals surface area contributed by atoms with Crippen LogP contribution in [0, 0.1) is 0 Å².